The monoisotopic (exact) mass is 699 g/mol. The lowest BCUT2D eigenvalue weighted by Crippen LogP contribution is -2.48. The van der Waals surface area contributed by atoms with Crippen LogP contribution >= 0.6 is 0 Å². The lowest BCUT2D eigenvalue weighted by atomic mass is 9.83. The Balaban J connectivity index is 1.20. The van der Waals surface area contributed by atoms with Crippen LogP contribution in [0.5, 0.6) is 0 Å². The van der Waals surface area contributed by atoms with E-state index in [1.165, 1.54) is 42.1 Å². The summed E-state index contributed by atoms with van der Waals surface area (Å²) in [7, 11) is -2.10. The Morgan fingerprint density at radius 2 is 1.29 bits per heavy atom. The van der Waals surface area contributed by atoms with Gasteiger partial charge in [-0.15, -0.1) is 0 Å². The third kappa shape index (κ3) is 6.33. The van der Waals surface area contributed by atoms with Gasteiger partial charge in [0.25, 0.3) is 0 Å². The number of aryl methyl sites for hydroxylation is 1. The Hall–Kier alpha value is -3.21. The van der Waals surface area contributed by atoms with Gasteiger partial charge in [0.1, 0.15) is 5.82 Å². The first-order valence-electron chi connectivity index (χ1n) is 20.0. The normalized spacial score (nSPS) is 33.6. The summed E-state index contributed by atoms with van der Waals surface area (Å²) in [6.45, 7) is 13.1. The van der Waals surface area contributed by atoms with Crippen LogP contribution in [0.4, 0.5) is 10.1 Å². The molecule has 10 atom stereocenters. The van der Waals surface area contributed by atoms with E-state index in [4.69, 9.17) is 4.74 Å². The molecule has 10 unspecified atom stereocenters. The molecule has 4 heteroatoms. The van der Waals surface area contributed by atoms with E-state index in [1.54, 1.807) is 6.07 Å². The second-order valence-electron chi connectivity index (χ2n) is 17.8. The standard InChI is InChI=1S/C47H58FNOSi/c1-32-26-27-42-40(30-32)43-44(49(42)31-33-18-8-15-25-41(33)48)36-21-11-14-24-39(36)46(43)51(5,29-17-7-6-16-28-50-47(2,3)4)45-37-22-12-9-19-34(37)35-20-10-13-23-38(35)45/h8-15,18-27,30,34-39,43-46H,6-7,16-17,28-29,31H2,1-5H3. The second kappa shape index (κ2) is 14.0. The van der Waals surface area contributed by atoms with Gasteiger partial charge in [0, 0.05) is 42.3 Å². The van der Waals surface area contributed by atoms with Crippen molar-refractivity contribution in [3.05, 3.63) is 138 Å². The van der Waals surface area contributed by atoms with Gasteiger partial charge in [0.05, 0.1) is 13.7 Å². The van der Waals surface area contributed by atoms with Crippen LogP contribution < -0.4 is 4.90 Å². The van der Waals surface area contributed by atoms with Crippen molar-refractivity contribution in [1.82, 2.24) is 0 Å². The average Bonchev–Trinajstić information content (AvgIpc) is 3.74. The maximum absolute atomic E-state index is 15.4. The highest BCUT2D eigenvalue weighted by molar-refractivity contribution is 6.82. The Morgan fingerprint density at radius 1 is 0.706 bits per heavy atom. The van der Waals surface area contributed by atoms with Crippen LogP contribution in [-0.2, 0) is 11.3 Å². The summed E-state index contributed by atoms with van der Waals surface area (Å²) >= 11 is 0. The lowest BCUT2D eigenvalue weighted by Gasteiger charge is -2.48. The molecule has 1 aliphatic heterocycles. The van der Waals surface area contributed by atoms with Gasteiger partial charge >= 0.3 is 0 Å². The fourth-order valence-electron chi connectivity index (χ4n) is 11.8. The van der Waals surface area contributed by atoms with Crippen molar-refractivity contribution in [2.24, 2.45) is 35.5 Å². The molecular formula is C47H58FNOSi. The van der Waals surface area contributed by atoms with E-state index >= 15 is 4.39 Å². The number of allylic oxidation sites excluding steroid dienone is 11. The highest BCUT2D eigenvalue weighted by atomic mass is 28.3. The molecular weight excluding hydrogens is 642 g/mol. The van der Waals surface area contributed by atoms with Crippen LogP contribution in [0.3, 0.4) is 0 Å². The van der Waals surface area contributed by atoms with Crippen molar-refractivity contribution in [1.29, 1.82) is 0 Å². The minimum Gasteiger partial charge on any atom is -0.376 e. The molecule has 0 radical (unpaired) electrons. The number of benzene rings is 2. The summed E-state index contributed by atoms with van der Waals surface area (Å²) in [5, 5.41) is 0. The lowest BCUT2D eigenvalue weighted by molar-refractivity contribution is -0.00471. The Labute approximate surface area is 308 Å². The second-order valence-corrected chi connectivity index (χ2v) is 22.6. The predicted molar refractivity (Wildman–Crippen MR) is 214 cm³/mol. The molecule has 0 N–H and O–H groups in total. The quantitative estimate of drug-likeness (QED) is 0.171. The first kappa shape index (κ1) is 34.9. The zero-order valence-electron chi connectivity index (χ0n) is 31.4. The van der Waals surface area contributed by atoms with Crippen LogP contribution in [0.25, 0.3) is 0 Å². The molecule has 51 heavy (non-hydrogen) atoms. The smallest absolute Gasteiger partial charge is 0.128 e. The zero-order valence-corrected chi connectivity index (χ0v) is 32.4. The number of ether oxygens (including phenoxy) is 1. The molecule has 2 fully saturated rings. The van der Waals surface area contributed by atoms with E-state index in [-0.39, 0.29) is 11.4 Å². The van der Waals surface area contributed by atoms with Gasteiger partial charge in [-0.05, 0) is 92.5 Å². The third-order valence-electron chi connectivity index (χ3n) is 13.7. The Morgan fingerprint density at radius 3 is 1.94 bits per heavy atom. The number of rotatable bonds is 11. The summed E-state index contributed by atoms with van der Waals surface area (Å²) < 4.78 is 21.5. The van der Waals surface area contributed by atoms with Gasteiger partial charge in [-0.25, -0.2) is 4.39 Å². The van der Waals surface area contributed by atoms with Crippen LogP contribution in [0.15, 0.2) is 115 Å². The van der Waals surface area contributed by atoms with Crippen LogP contribution in [0.1, 0.15) is 69.1 Å². The zero-order chi connectivity index (χ0) is 35.3. The van der Waals surface area contributed by atoms with Gasteiger partial charge < -0.3 is 9.64 Å². The minimum absolute atomic E-state index is 0.0709. The van der Waals surface area contributed by atoms with E-state index in [9.17, 15) is 0 Å². The van der Waals surface area contributed by atoms with Crippen molar-refractivity contribution < 1.29 is 9.13 Å². The van der Waals surface area contributed by atoms with Crippen LogP contribution in [0, 0.1) is 48.2 Å². The number of anilines is 1. The summed E-state index contributed by atoms with van der Waals surface area (Å²) in [4.78, 5) is 2.63. The van der Waals surface area contributed by atoms with E-state index in [1.807, 2.05) is 18.2 Å². The summed E-state index contributed by atoms with van der Waals surface area (Å²) in [5.41, 5.74) is 6.21. The molecule has 6 aliphatic rings. The third-order valence-corrected chi connectivity index (χ3v) is 19.7. The molecule has 2 aromatic carbocycles. The van der Waals surface area contributed by atoms with Crippen molar-refractivity contribution in [2.75, 3.05) is 11.5 Å². The minimum atomic E-state index is -2.10. The number of fused-ring (bicyclic) bond motifs is 8. The van der Waals surface area contributed by atoms with Gasteiger partial charge in [-0.1, -0.05) is 141 Å². The van der Waals surface area contributed by atoms with E-state index in [0.29, 0.717) is 65.1 Å². The molecule has 0 bridgehead atoms. The number of unbranched alkanes of at least 4 members (excludes halogenated alkanes) is 3. The predicted octanol–water partition coefficient (Wildman–Crippen LogP) is 11.9. The molecule has 2 aromatic rings. The fourth-order valence-corrected chi connectivity index (χ4v) is 18.8. The molecule has 2 nitrogen and oxygen atoms in total. The van der Waals surface area contributed by atoms with Crippen LogP contribution in [0.2, 0.25) is 23.7 Å². The molecule has 8 rings (SSSR count). The molecule has 0 saturated heterocycles. The number of nitrogens with zero attached hydrogens (tertiary/aromatic N) is 1. The first-order valence-corrected chi connectivity index (χ1v) is 22.8. The highest BCUT2D eigenvalue weighted by Crippen LogP contribution is 2.70. The fraction of sp³-hybridized carbons (Fsp3) is 0.489. The number of halogens is 1. The van der Waals surface area contributed by atoms with Crippen LogP contribution in [-0.4, -0.2) is 26.3 Å². The molecule has 0 aromatic heterocycles. The highest BCUT2D eigenvalue weighted by Gasteiger charge is 2.65. The number of hydrogen-bond acceptors (Lipinski definition) is 2. The van der Waals surface area contributed by atoms with Crippen molar-refractivity contribution in [3.8, 4) is 0 Å². The first-order chi connectivity index (χ1) is 24.7. The topological polar surface area (TPSA) is 12.5 Å². The summed E-state index contributed by atoms with van der Waals surface area (Å²) in [5.74, 6) is 3.60. The van der Waals surface area contributed by atoms with Gasteiger partial charge in [0.15, 0.2) is 0 Å². The van der Waals surface area contributed by atoms with Crippen molar-refractivity contribution in [3.63, 3.8) is 0 Å². The Kier molecular flexibility index (Phi) is 9.55. The van der Waals surface area contributed by atoms with Gasteiger partial charge in [-0.2, -0.15) is 0 Å². The summed E-state index contributed by atoms with van der Waals surface area (Å²) in [6.07, 6.45) is 34.4. The average molecular weight is 700 g/mol. The maximum atomic E-state index is 15.4. The van der Waals surface area contributed by atoms with Gasteiger partial charge in [-0.3, -0.25) is 0 Å². The van der Waals surface area contributed by atoms with Gasteiger partial charge in [0.2, 0.25) is 0 Å². The molecule has 1 heterocycles. The molecule has 268 valence electrons. The van der Waals surface area contributed by atoms with E-state index < -0.39 is 8.07 Å². The maximum Gasteiger partial charge on any atom is 0.128 e. The van der Waals surface area contributed by atoms with E-state index in [2.05, 4.69) is 130 Å². The summed E-state index contributed by atoms with van der Waals surface area (Å²) in [6, 6.07) is 16.3. The molecule has 0 spiro atoms. The van der Waals surface area contributed by atoms with E-state index in [0.717, 1.165) is 18.6 Å². The number of hydrogen-bond donors (Lipinski definition) is 0. The van der Waals surface area contributed by atoms with Crippen molar-refractivity contribution in [2.45, 2.75) is 101 Å². The SMILES string of the molecule is Cc1ccc2c(c1)C1C(C3C=CC=CC3C1[Si](C)(CCCCCCOC(C)(C)C)C1C3C=CC=CC3C3C=CC=CC31)N2Cc1ccccc1F. The molecule has 0 amide bonds. The molecule has 2 saturated carbocycles. The Bertz CT molecular complexity index is 1740. The molecule has 5 aliphatic carbocycles. The largest absolute Gasteiger partial charge is 0.376 e. The van der Waals surface area contributed by atoms with Crippen molar-refractivity contribution >= 4 is 13.8 Å².